The van der Waals surface area contributed by atoms with Crippen LogP contribution in [0.15, 0.2) is 10.2 Å². The van der Waals surface area contributed by atoms with Crippen molar-refractivity contribution in [3.63, 3.8) is 0 Å². The van der Waals surface area contributed by atoms with E-state index in [1.807, 2.05) is 0 Å². The molecule has 0 aliphatic carbocycles. The number of thiocarbonyl (C=S) groups is 2. The number of hydrazone groups is 2. The van der Waals surface area contributed by atoms with Gasteiger partial charge in [-0.25, -0.2) is 0 Å². The molecule has 0 fully saturated rings. The Morgan fingerprint density at radius 3 is 2.31 bits per heavy atom. The summed E-state index contributed by atoms with van der Waals surface area (Å²) in [5.74, 6) is 0. The second-order valence-corrected chi connectivity index (χ2v) is 3.33. The van der Waals surface area contributed by atoms with Crippen LogP contribution in [0.25, 0.3) is 0 Å². The summed E-state index contributed by atoms with van der Waals surface area (Å²) in [6.07, 6.45) is -0.107. The lowest BCUT2D eigenvalue weighted by Gasteiger charge is -2.06. The molecular weight excluding hydrogens is 252 g/mol. The van der Waals surface area contributed by atoms with E-state index in [1.165, 1.54) is 0 Å². The van der Waals surface area contributed by atoms with Gasteiger partial charge in [0.05, 0.1) is 12.8 Å². The predicted octanol–water partition coefficient (Wildman–Crippen LogP) is -2.65. The largest absolute Gasteiger partial charge is 0.393 e. The molecule has 0 saturated carbocycles. The molecule has 0 bridgehead atoms. The lowest BCUT2D eigenvalue weighted by atomic mass is 10.2. The molecule has 0 aromatic rings. The Hall–Kier alpha value is -1.36. The number of nitrogens with one attached hydrogen (secondary N) is 2. The molecule has 0 aliphatic heterocycles. The second-order valence-electron chi connectivity index (χ2n) is 2.45. The third kappa shape index (κ3) is 7.00. The summed E-state index contributed by atoms with van der Waals surface area (Å²) in [4.78, 5) is 0. The van der Waals surface area contributed by atoms with Gasteiger partial charge in [-0.15, -0.1) is 0 Å². The van der Waals surface area contributed by atoms with E-state index >= 15 is 0 Å². The van der Waals surface area contributed by atoms with Gasteiger partial charge >= 0.3 is 0 Å². The molecule has 90 valence electrons. The highest BCUT2D eigenvalue weighted by atomic mass is 32.1. The van der Waals surface area contributed by atoms with E-state index in [0.29, 0.717) is 0 Å². The van der Waals surface area contributed by atoms with E-state index in [1.54, 1.807) is 0 Å². The Kier molecular flexibility index (Phi) is 7.20. The molecular formula is C6H12N6O2S2. The molecule has 0 radical (unpaired) electrons. The van der Waals surface area contributed by atoms with Crippen molar-refractivity contribution in [3.8, 4) is 0 Å². The first-order valence-corrected chi connectivity index (χ1v) is 4.79. The molecule has 1 atom stereocenters. The minimum absolute atomic E-state index is 0.0130. The van der Waals surface area contributed by atoms with Gasteiger partial charge in [0.15, 0.2) is 10.2 Å². The average molecular weight is 264 g/mol. The van der Waals surface area contributed by atoms with Crippen LogP contribution in [0.4, 0.5) is 0 Å². The number of hydrogen-bond donors (Lipinski definition) is 6. The van der Waals surface area contributed by atoms with Crippen LogP contribution < -0.4 is 22.3 Å². The highest BCUT2D eigenvalue weighted by molar-refractivity contribution is 7.80. The van der Waals surface area contributed by atoms with Gasteiger partial charge in [0.25, 0.3) is 0 Å². The van der Waals surface area contributed by atoms with Crippen molar-refractivity contribution in [1.29, 1.82) is 0 Å². The van der Waals surface area contributed by atoms with Crippen LogP contribution in [-0.4, -0.2) is 45.1 Å². The van der Waals surface area contributed by atoms with Gasteiger partial charge in [-0.3, -0.25) is 10.9 Å². The van der Waals surface area contributed by atoms with E-state index in [2.05, 4.69) is 45.5 Å². The van der Waals surface area contributed by atoms with Crippen LogP contribution in [0.2, 0.25) is 0 Å². The van der Waals surface area contributed by atoms with Gasteiger partial charge in [-0.05, 0) is 24.4 Å². The number of aliphatic hydroxyl groups is 2. The Balaban J connectivity index is 4.54. The van der Waals surface area contributed by atoms with Crippen molar-refractivity contribution in [2.45, 2.75) is 6.10 Å². The summed E-state index contributed by atoms with van der Waals surface area (Å²) in [5, 5.41) is 25.1. The van der Waals surface area contributed by atoms with E-state index in [4.69, 9.17) is 16.6 Å². The minimum Gasteiger partial charge on any atom is -0.393 e. The van der Waals surface area contributed by atoms with Crippen molar-refractivity contribution in [2.24, 2.45) is 21.7 Å². The van der Waals surface area contributed by atoms with Crippen molar-refractivity contribution in [2.75, 3.05) is 6.61 Å². The first-order valence-electron chi connectivity index (χ1n) is 3.97. The molecule has 0 heterocycles. The van der Waals surface area contributed by atoms with Gasteiger partial charge in [0, 0.05) is 0 Å². The van der Waals surface area contributed by atoms with Gasteiger partial charge in [0.2, 0.25) is 0 Å². The molecule has 0 aromatic heterocycles. The average Bonchev–Trinajstić information content (AvgIpc) is 2.21. The molecule has 0 aromatic carbocycles. The Labute approximate surface area is 102 Å². The lowest BCUT2D eigenvalue weighted by molar-refractivity contribution is 0.146. The monoisotopic (exact) mass is 264 g/mol. The standard InChI is InChI=1S/C6H12N6O2S2/c7-5(15)11-9-1-3(4(14)2-13)10-12-6(8)16/h1,4,13-14H,2H2,(H3,7,11,15)(H3,8,12,16)/b9-1+,10-3+. The maximum absolute atomic E-state index is 9.31. The third-order valence-electron chi connectivity index (χ3n) is 1.18. The van der Waals surface area contributed by atoms with Crippen LogP contribution in [0.1, 0.15) is 0 Å². The zero-order chi connectivity index (χ0) is 12.6. The Morgan fingerprint density at radius 2 is 1.88 bits per heavy atom. The van der Waals surface area contributed by atoms with Crippen molar-refractivity contribution >= 4 is 46.6 Å². The molecule has 0 amide bonds. The fourth-order valence-electron chi connectivity index (χ4n) is 0.565. The minimum atomic E-state index is -1.22. The summed E-state index contributed by atoms with van der Waals surface area (Å²) in [6.45, 7) is -0.531. The molecule has 1 unspecified atom stereocenters. The molecule has 8 N–H and O–H groups in total. The summed E-state index contributed by atoms with van der Waals surface area (Å²) in [7, 11) is 0. The second kappa shape index (κ2) is 7.87. The zero-order valence-electron chi connectivity index (χ0n) is 8.12. The Bertz CT molecular complexity index is 318. The number of nitrogens with two attached hydrogens (primary N) is 2. The zero-order valence-corrected chi connectivity index (χ0v) is 9.75. The van der Waals surface area contributed by atoms with Gasteiger partial charge in [-0.2, -0.15) is 10.2 Å². The quantitative estimate of drug-likeness (QED) is 0.180. The van der Waals surface area contributed by atoms with Crippen LogP contribution in [0.3, 0.4) is 0 Å². The molecule has 0 rings (SSSR count). The molecule has 16 heavy (non-hydrogen) atoms. The lowest BCUT2D eigenvalue weighted by Crippen LogP contribution is -2.33. The topological polar surface area (TPSA) is 141 Å². The third-order valence-corrected chi connectivity index (χ3v) is 1.36. The van der Waals surface area contributed by atoms with Crippen LogP contribution in [-0.2, 0) is 0 Å². The summed E-state index contributed by atoms with van der Waals surface area (Å²) < 4.78 is 0. The highest BCUT2D eigenvalue weighted by Gasteiger charge is 2.09. The van der Waals surface area contributed by atoms with E-state index < -0.39 is 12.7 Å². The van der Waals surface area contributed by atoms with E-state index in [0.717, 1.165) is 6.21 Å². The first kappa shape index (κ1) is 14.6. The first-order chi connectivity index (χ1) is 7.47. The smallest absolute Gasteiger partial charge is 0.184 e. The molecule has 10 heteroatoms. The Morgan fingerprint density at radius 1 is 1.31 bits per heavy atom. The summed E-state index contributed by atoms with van der Waals surface area (Å²) >= 11 is 9.00. The van der Waals surface area contributed by atoms with Crippen molar-refractivity contribution in [1.82, 2.24) is 10.9 Å². The van der Waals surface area contributed by atoms with E-state index in [-0.39, 0.29) is 15.9 Å². The fraction of sp³-hybridized carbons (Fsp3) is 0.333. The summed E-state index contributed by atoms with van der Waals surface area (Å²) in [5.41, 5.74) is 14.7. The van der Waals surface area contributed by atoms with Crippen LogP contribution >= 0.6 is 24.4 Å². The van der Waals surface area contributed by atoms with Crippen molar-refractivity contribution < 1.29 is 10.2 Å². The van der Waals surface area contributed by atoms with Gasteiger partial charge in [0.1, 0.15) is 11.8 Å². The molecule has 0 spiro atoms. The fourth-order valence-corrected chi connectivity index (χ4v) is 0.663. The maximum atomic E-state index is 9.31. The summed E-state index contributed by atoms with van der Waals surface area (Å²) in [6, 6.07) is 0. The number of rotatable bonds is 5. The SMILES string of the molecule is NC(=S)N/N=C/C(=N\NC(N)=S)C(O)CO. The predicted molar refractivity (Wildman–Crippen MR) is 68.9 cm³/mol. The van der Waals surface area contributed by atoms with Gasteiger partial charge in [-0.1, -0.05) is 0 Å². The van der Waals surface area contributed by atoms with Crippen molar-refractivity contribution in [3.05, 3.63) is 0 Å². The number of aliphatic hydroxyl groups excluding tert-OH is 2. The maximum Gasteiger partial charge on any atom is 0.184 e. The molecule has 8 nitrogen and oxygen atoms in total. The number of hydrogen-bond acceptors (Lipinski definition) is 6. The highest BCUT2D eigenvalue weighted by Crippen LogP contribution is 1.85. The molecule has 0 saturated heterocycles. The normalized spacial score (nSPS) is 13.5. The van der Waals surface area contributed by atoms with Crippen LogP contribution in [0.5, 0.6) is 0 Å². The molecule has 0 aliphatic rings. The number of nitrogens with zero attached hydrogens (tertiary/aromatic N) is 2. The van der Waals surface area contributed by atoms with Gasteiger partial charge < -0.3 is 21.7 Å². The van der Waals surface area contributed by atoms with Crippen LogP contribution in [0, 0.1) is 0 Å². The van der Waals surface area contributed by atoms with E-state index in [9.17, 15) is 5.11 Å².